The second-order valence-corrected chi connectivity index (χ2v) is 7.81. The lowest BCUT2D eigenvalue weighted by Gasteiger charge is -2.27. The molecule has 1 aromatic rings. The van der Waals surface area contributed by atoms with Crippen molar-refractivity contribution in [2.24, 2.45) is 11.7 Å². The molecule has 0 saturated heterocycles. The van der Waals surface area contributed by atoms with Crippen LogP contribution in [-0.4, -0.2) is 26.6 Å². The van der Waals surface area contributed by atoms with Crippen LogP contribution in [0.2, 0.25) is 0 Å². The number of hydrogen-bond acceptors (Lipinski definition) is 4. The van der Waals surface area contributed by atoms with Crippen LogP contribution >= 0.6 is 0 Å². The minimum Gasteiger partial charge on any atom is -0.327 e. The van der Waals surface area contributed by atoms with Crippen molar-refractivity contribution in [1.82, 2.24) is 0 Å². The van der Waals surface area contributed by atoms with E-state index >= 15 is 0 Å². The second-order valence-electron chi connectivity index (χ2n) is 5.79. The molecule has 21 heavy (non-hydrogen) atoms. The normalized spacial score (nSPS) is 22.8. The summed E-state index contributed by atoms with van der Waals surface area (Å²) in [7, 11) is -3.29. The predicted octanol–water partition coefficient (Wildman–Crippen LogP) is 1.85. The maximum absolute atomic E-state index is 12.4. The third-order valence-electron chi connectivity index (χ3n) is 4.05. The Labute approximate surface area is 125 Å². The van der Waals surface area contributed by atoms with E-state index in [1.807, 2.05) is 6.92 Å². The van der Waals surface area contributed by atoms with Gasteiger partial charge in [0.05, 0.1) is 10.8 Å². The van der Waals surface area contributed by atoms with Crippen molar-refractivity contribution in [2.75, 3.05) is 11.6 Å². The summed E-state index contributed by atoms with van der Waals surface area (Å²) in [4.78, 5) is 12.6. The van der Waals surface area contributed by atoms with Crippen LogP contribution in [0.3, 0.4) is 0 Å². The molecule has 0 radical (unpaired) electrons. The Morgan fingerprint density at radius 3 is 2.57 bits per heavy atom. The molecule has 6 heteroatoms. The molecule has 2 rings (SSSR count). The standard InChI is InChI=1S/C15H22N2O3S/c1-10-7-8-11(21(2,19)20)9-14(10)17-15(18)12-5-3-4-6-13(12)16/h7-9,12-13H,3-6,16H2,1-2H3,(H,17,18). The van der Waals surface area contributed by atoms with Crippen LogP contribution in [-0.2, 0) is 14.6 Å². The molecule has 2 unspecified atom stereocenters. The number of rotatable bonds is 3. The Kier molecular flexibility index (Phi) is 4.68. The van der Waals surface area contributed by atoms with E-state index in [9.17, 15) is 13.2 Å². The first kappa shape index (κ1) is 16.0. The number of nitrogens with two attached hydrogens (primary N) is 1. The number of benzene rings is 1. The zero-order valence-corrected chi connectivity index (χ0v) is 13.2. The Bertz CT molecular complexity index is 640. The van der Waals surface area contributed by atoms with Crippen molar-refractivity contribution in [3.8, 4) is 0 Å². The van der Waals surface area contributed by atoms with Crippen LogP contribution in [0.25, 0.3) is 0 Å². The number of amides is 1. The zero-order valence-electron chi connectivity index (χ0n) is 12.4. The number of carbonyl (C=O) groups excluding carboxylic acids is 1. The Balaban J connectivity index is 2.20. The van der Waals surface area contributed by atoms with Gasteiger partial charge in [-0.1, -0.05) is 18.9 Å². The van der Waals surface area contributed by atoms with Gasteiger partial charge in [-0.25, -0.2) is 8.42 Å². The van der Waals surface area contributed by atoms with Crippen LogP contribution in [0.4, 0.5) is 5.69 Å². The molecule has 1 aliphatic carbocycles. The Morgan fingerprint density at radius 1 is 1.29 bits per heavy atom. The van der Waals surface area contributed by atoms with Gasteiger partial charge < -0.3 is 11.1 Å². The molecule has 0 aromatic heterocycles. The highest BCUT2D eigenvalue weighted by Gasteiger charge is 2.28. The van der Waals surface area contributed by atoms with Gasteiger partial charge in [0.25, 0.3) is 0 Å². The van der Waals surface area contributed by atoms with Gasteiger partial charge in [-0.2, -0.15) is 0 Å². The summed E-state index contributed by atoms with van der Waals surface area (Å²) in [5.41, 5.74) is 7.39. The van der Waals surface area contributed by atoms with Crippen LogP contribution in [0, 0.1) is 12.8 Å². The van der Waals surface area contributed by atoms with Gasteiger partial charge >= 0.3 is 0 Å². The molecule has 0 heterocycles. The quantitative estimate of drug-likeness (QED) is 0.891. The summed E-state index contributed by atoms with van der Waals surface area (Å²) in [5, 5.41) is 2.84. The minimum atomic E-state index is -3.29. The monoisotopic (exact) mass is 310 g/mol. The molecule has 116 valence electrons. The Hall–Kier alpha value is -1.40. The fraction of sp³-hybridized carbons (Fsp3) is 0.533. The maximum Gasteiger partial charge on any atom is 0.229 e. The highest BCUT2D eigenvalue weighted by atomic mass is 32.2. The van der Waals surface area contributed by atoms with Crippen molar-refractivity contribution in [3.63, 3.8) is 0 Å². The molecule has 3 N–H and O–H groups in total. The average molecular weight is 310 g/mol. The summed E-state index contributed by atoms with van der Waals surface area (Å²) in [6.07, 6.45) is 4.88. The van der Waals surface area contributed by atoms with Gasteiger partial charge in [0.1, 0.15) is 0 Å². The van der Waals surface area contributed by atoms with Crippen LogP contribution in [0.1, 0.15) is 31.2 Å². The highest BCUT2D eigenvalue weighted by Crippen LogP contribution is 2.26. The number of carbonyl (C=O) groups is 1. The van der Waals surface area contributed by atoms with Crippen molar-refractivity contribution in [3.05, 3.63) is 23.8 Å². The molecule has 1 aromatic carbocycles. The number of hydrogen-bond donors (Lipinski definition) is 2. The van der Waals surface area contributed by atoms with Gasteiger partial charge in [-0.15, -0.1) is 0 Å². The topological polar surface area (TPSA) is 89.3 Å². The molecular formula is C15H22N2O3S. The van der Waals surface area contributed by atoms with Crippen molar-refractivity contribution in [1.29, 1.82) is 0 Å². The number of anilines is 1. The summed E-state index contributed by atoms with van der Waals surface area (Å²) in [6, 6.07) is 4.65. The first-order chi connectivity index (χ1) is 9.79. The van der Waals surface area contributed by atoms with E-state index in [2.05, 4.69) is 5.32 Å². The van der Waals surface area contributed by atoms with Gasteiger partial charge in [0.2, 0.25) is 5.91 Å². The fourth-order valence-electron chi connectivity index (χ4n) is 2.68. The highest BCUT2D eigenvalue weighted by molar-refractivity contribution is 7.90. The number of aryl methyl sites for hydroxylation is 1. The van der Waals surface area contributed by atoms with Gasteiger partial charge in [0.15, 0.2) is 9.84 Å². The lowest BCUT2D eigenvalue weighted by atomic mass is 9.84. The van der Waals surface area contributed by atoms with Crippen molar-refractivity contribution >= 4 is 21.4 Å². The molecule has 1 fully saturated rings. The van der Waals surface area contributed by atoms with Crippen LogP contribution < -0.4 is 11.1 Å². The van der Waals surface area contributed by atoms with E-state index in [1.165, 1.54) is 6.07 Å². The van der Waals surface area contributed by atoms with E-state index in [-0.39, 0.29) is 22.8 Å². The minimum absolute atomic E-state index is 0.114. The lowest BCUT2D eigenvalue weighted by molar-refractivity contribution is -0.121. The van der Waals surface area contributed by atoms with Crippen molar-refractivity contribution < 1.29 is 13.2 Å². The van der Waals surface area contributed by atoms with Crippen molar-refractivity contribution in [2.45, 2.75) is 43.5 Å². The third kappa shape index (κ3) is 3.83. The third-order valence-corrected chi connectivity index (χ3v) is 5.16. The van der Waals surface area contributed by atoms with E-state index in [1.54, 1.807) is 12.1 Å². The second kappa shape index (κ2) is 6.15. The molecule has 1 saturated carbocycles. The maximum atomic E-state index is 12.4. The molecule has 1 amide bonds. The first-order valence-electron chi connectivity index (χ1n) is 7.16. The van der Waals surface area contributed by atoms with Gasteiger partial charge in [0, 0.05) is 18.0 Å². The molecule has 0 aliphatic heterocycles. The number of sulfone groups is 1. The molecule has 1 aliphatic rings. The summed E-state index contributed by atoms with van der Waals surface area (Å²) in [5.74, 6) is -0.309. The zero-order chi connectivity index (χ0) is 15.6. The van der Waals surface area contributed by atoms with E-state index < -0.39 is 9.84 Å². The molecule has 0 spiro atoms. The largest absolute Gasteiger partial charge is 0.327 e. The summed E-state index contributed by atoms with van der Waals surface area (Å²) < 4.78 is 23.2. The average Bonchev–Trinajstić information content (AvgIpc) is 2.40. The lowest BCUT2D eigenvalue weighted by Crippen LogP contribution is -2.40. The smallest absolute Gasteiger partial charge is 0.229 e. The van der Waals surface area contributed by atoms with Crippen LogP contribution in [0.15, 0.2) is 23.1 Å². The van der Waals surface area contributed by atoms with E-state index in [0.717, 1.165) is 37.5 Å². The molecule has 0 bridgehead atoms. The Morgan fingerprint density at radius 2 is 1.95 bits per heavy atom. The number of nitrogens with one attached hydrogen (secondary N) is 1. The van der Waals surface area contributed by atoms with Gasteiger partial charge in [-0.3, -0.25) is 4.79 Å². The van der Waals surface area contributed by atoms with E-state index in [4.69, 9.17) is 5.73 Å². The SMILES string of the molecule is Cc1ccc(S(C)(=O)=O)cc1NC(=O)C1CCCCC1N. The fourth-order valence-corrected chi connectivity index (χ4v) is 3.32. The summed E-state index contributed by atoms with van der Waals surface area (Å²) in [6.45, 7) is 1.84. The first-order valence-corrected chi connectivity index (χ1v) is 9.05. The van der Waals surface area contributed by atoms with E-state index in [0.29, 0.717) is 5.69 Å². The molecular weight excluding hydrogens is 288 g/mol. The van der Waals surface area contributed by atoms with Gasteiger partial charge in [-0.05, 0) is 37.5 Å². The van der Waals surface area contributed by atoms with Crippen LogP contribution in [0.5, 0.6) is 0 Å². The molecule has 5 nitrogen and oxygen atoms in total. The summed E-state index contributed by atoms with van der Waals surface area (Å²) >= 11 is 0. The molecule has 2 atom stereocenters. The predicted molar refractivity (Wildman–Crippen MR) is 82.9 cm³/mol.